The molecule has 0 radical (unpaired) electrons. The molecular weight excluding hydrogens is 464 g/mol. The number of amides is 1. The van der Waals surface area contributed by atoms with Crippen LogP contribution in [-0.4, -0.2) is 36.3 Å². The maximum absolute atomic E-state index is 15.3. The Bertz CT molecular complexity index is 1510. The normalized spacial score (nSPS) is 16.2. The number of nitrogens with zero attached hydrogens (tertiary/aromatic N) is 6. The summed E-state index contributed by atoms with van der Waals surface area (Å²) in [6.45, 7) is 3.99. The first-order valence-electron chi connectivity index (χ1n) is 12.1. The summed E-state index contributed by atoms with van der Waals surface area (Å²) in [4.78, 5) is 25.7. The Morgan fingerprint density at radius 2 is 1.89 bits per heavy atom. The monoisotopic (exact) mass is 491 g/mol. The summed E-state index contributed by atoms with van der Waals surface area (Å²) in [5.74, 6) is -1.35. The molecule has 5 rings (SSSR count). The fourth-order valence-electron chi connectivity index (χ4n) is 4.53. The SMILES string of the molecule is CCc1cc(CC)c(F)c(/N=c2\ccc3ncc(-c4cnn(C)c4)nc3n2CC2CCC(=O)N2)c1F. The molecule has 1 saturated heterocycles. The Labute approximate surface area is 206 Å². The molecule has 1 amide bonds. The van der Waals surface area contributed by atoms with Crippen molar-refractivity contribution in [2.75, 3.05) is 0 Å². The van der Waals surface area contributed by atoms with Gasteiger partial charge in [0, 0.05) is 37.8 Å². The third-order valence-electron chi connectivity index (χ3n) is 6.51. The van der Waals surface area contributed by atoms with Gasteiger partial charge in [0.2, 0.25) is 5.91 Å². The highest BCUT2D eigenvalue weighted by Gasteiger charge is 2.23. The van der Waals surface area contributed by atoms with Gasteiger partial charge in [0.15, 0.2) is 17.3 Å². The van der Waals surface area contributed by atoms with Gasteiger partial charge in [0.1, 0.15) is 16.7 Å². The van der Waals surface area contributed by atoms with E-state index >= 15 is 8.78 Å². The van der Waals surface area contributed by atoms with E-state index in [1.165, 1.54) is 0 Å². The Kier molecular flexibility index (Phi) is 6.34. The van der Waals surface area contributed by atoms with Crippen LogP contribution in [0.25, 0.3) is 22.4 Å². The Morgan fingerprint density at radius 1 is 1.14 bits per heavy atom. The van der Waals surface area contributed by atoms with E-state index in [2.05, 4.69) is 20.4 Å². The van der Waals surface area contributed by atoms with E-state index in [1.54, 1.807) is 39.8 Å². The molecule has 1 unspecified atom stereocenters. The van der Waals surface area contributed by atoms with E-state index in [-0.39, 0.29) is 17.6 Å². The minimum atomic E-state index is -0.664. The fourth-order valence-corrected chi connectivity index (χ4v) is 4.53. The molecule has 36 heavy (non-hydrogen) atoms. The first kappa shape index (κ1) is 23.8. The maximum atomic E-state index is 15.3. The summed E-state index contributed by atoms with van der Waals surface area (Å²) >= 11 is 0. The molecule has 1 aliphatic heterocycles. The van der Waals surface area contributed by atoms with Crippen molar-refractivity contribution in [2.24, 2.45) is 12.0 Å². The maximum Gasteiger partial charge on any atom is 0.220 e. The first-order chi connectivity index (χ1) is 17.4. The number of hydrogen-bond donors (Lipinski definition) is 1. The van der Waals surface area contributed by atoms with Crippen LogP contribution in [0.2, 0.25) is 0 Å². The van der Waals surface area contributed by atoms with Crippen LogP contribution in [-0.2, 0) is 31.2 Å². The predicted octanol–water partition coefficient (Wildman–Crippen LogP) is 3.75. The Morgan fingerprint density at radius 3 is 2.50 bits per heavy atom. The van der Waals surface area contributed by atoms with Crippen molar-refractivity contribution >= 4 is 22.8 Å². The first-order valence-corrected chi connectivity index (χ1v) is 12.1. The zero-order valence-corrected chi connectivity index (χ0v) is 20.4. The van der Waals surface area contributed by atoms with Gasteiger partial charge in [-0.05, 0) is 48.6 Å². The lowest BCUT2D eigenvalue weighted by atomic mass is 10.0. The van der Waals surface area contributed by atoms with Gasteiger partial charge >= 0.3 is 0 Å². The van der Waals surface area contributed by atoms with Gasteiger partial charge in [-0.15, -0.1) is 0 Å². The number of aryl methyl sites for hydroxylation is 3. The lowest BCUT2D eigenvalue weighted by Crippen LogP contribution is -2.34. The Balaban J connectivity index is 1.75. The number of benzene rings is 1. The number of nitrogens with one attached hydrogen (secondary N) is 1. The summed E-state index contributed by atoms with van der Waals surface area (Å²) in [5.41, 5.74) is 3.35. The molecule has 4 aromatic rings. The summed E-state index contributed by atoms with van der Waals surface area (Å²) in [6, 6.07) is 4.82. The average molecular weight is 492 g/mol. The van der Waals surface area contributed by atoms with Gasteiger partial charge in [0.05, 0.1) is 18.1 Å². The molecule has 10 heteroatoms. The molecule has 4 heterocycles. The van der Waals surface area contributed by atoms with Gasteiger partial charge in [-0.25, -0.2) is 18.8 Å². The van der Waals surface area contributed by atoms with E-state index in [0.717, 1.165) is 5.56 Å². The zero-order valence-electron chi connectivity index (χ0n) is 20.4. The number of carbonyl (C=O) groups excluding carboxylic acids is 1. The highest BCUT2D eigenvalue weighted by Crippen LogP contribution is 2.29. The van der Waals surface area contributed by atoms with Gasteiger partial charge in [-0.1, -0.05) is 13.8 Å². The van der Waals surface area contributed by atoms with Crippen LogP contribution >= 0.6 is 0 Å². The highest BCUT2D eigenvalue weighted by molar-refractivity contribution is 5.78. The summed E-state index contributed by atoms with van der Waals surface area (Å²) < 4.78 is 34.0. The zero-order chi connectivity index (χ0) is 25.4. The molecule has 0 bridgehead atoms. The van der Waals surface area contributed by atoms with Gasteiger partial charge in [-0.3, -0.25) is 14.5 Å². The van der Waals surface area contributed by atoms with E-state index in [0.29, 0.717) is 65.7 Å². The smallest absolute Gasteiger partial charge is 0.220 e. The van der Waals surface area contributed by atoms with Crippen molar-refractivity contribution < 1.29 is 13.6 Å². The summed E-state index contributed by atoms with van der Waals surface area (Å²) in [5, 5.41) is 7.16. The molecule has 0 saturated carbocycles. The molecule has 3 aromatic heterocycles. The molecule has 8 nitrogen and oxygen atoms in total. The molecule has 1 aliphatic rings. The van der Waals surface area contributed by atoms with Crippen molar-refractivity contribution in [3.63, 3.8) is 0 Å². The van der Waals surface area contributed by atoms with Crippen LogP contribution in [0.15, 0.2) is 41.8 Å². The number of hydrogen-bond acceptors (Lipinski definition) is 5. The number of rotatable bonds is 6. The summed E-state index contributed by atoms with van der Waals surface area (Å²) in [7, 11) is 1.82. The minimum absolute atomic E-state index is 0.0261. The molecule has 1 aromatic carbocycles. The van der Waals surface area contributed by atoms with Crippen LogP contribution in [0.3, 0.4) is 0 Å². The third kappa shape index (κ3) is 4.38. The topological polar surface area (TPSA) is 90.0 Å². The lowest BCUT2D eigenvalue weighted by Gasteiger charge is -2.16. The molecule has 186 valence electrons. The second kappa shape index (κ2) is 9.60. The van der Waals surface area contributed by atoms with Crippen LogP contribution in [0.4, 0.5) is 14.5 Å². The molecule has 1 atom stereocenters. The van der Waals surface area contributed by atoms with Gasteiger partial charge in [-0.2, -0.15) is 5.10 Å². The van der Waals surface area contributed by atoms with Crippen LogP contribution < -0.4 is 10.8 Å². The number of aromatic nitrogens is 5. The van der Waals surface area contributed by atoms with Crippen molar-refractivity contribution in [1.82, 2.24) is 29.6 Å². The second-order valence-electron chi connectivity index (χ2n) is 8.96. The minimum Gasteiger partial charge on any atom is -0.352 e. The summed E-state index contributed by atoms with van der Waals surface area (Å²) in [6.07, 6.45) is 7.11. The Hall–Kier alpha value is -3.95. The number of carbonyl (C=O) groups is 1. The van der Waals surface area contributed by atoms with Crippen molar-refractivity contribution in [3.05, 3.63) is 65.0 Å². The molecular formula is C26H27F2N7O. The van der Waals surface area contributed by atoms with Gasteiger partial charge < -0.3 is 9.88 Å². The molecule has 0 aliphatic carbocycles. The van der Waals surface area contributed by atoms with Crippen LogP contribution in [0.5, 0.6) is 0 Å². The lowest BCUT2D eigenvalue weighted by molar-refractivity contribution is -0.119. The predicted molar refractivity (Wildman–Crippen MR) is 131 cm³/mol. The standard InChI is InChI=1S/C26H27F2N7O/c1-4-15-10-16(5-2)24(28)25(23(15)27)33-21-8-7-19-26(35(21)14-18-6-9-22(36)31-18)32-20(12-29-19)17-11-30-34(3)13-17/h7-8,10-13,18H,4-6,9,14H2,1-3H3,(H,31,36)/b33-21+. The van der Waals surface area contributed by atoms with Crippen molar-refractivity contribution in [3.8, 4) is 11.3 Å². The van der Waals surface area contributed by atoms with E-state index < -0.39 is 11.6 Å². The van der Waals surface area contributed by atoms with E-state index in [9.17, 15) is 4.79 Å². The van der Waals surface area contributed by atoms with Crippen LogP contribution in [0.1, 0.15) is 37.8 Å². The average Bonchev–Trinajstić information content (AvgIpc) is 3.50. The second-order valence-corrected chi connectivity index (χ2v) is 8.96. The van der Waals surface area contributed by atoms with E-state index in [4.69, 9.17) is 4.98 Å². The number of fused-ring (bicyclic) bond motifs is 1. The largest absolute Gasteiger partial charge is 0.352 e. The number of pyridine rings is 1. The highest BCUT2D eigenvalue weighted by atomic mass is 19.1. The van der Waals surface area contributed by atoms with Crippen LogP contribution in [0, 0.1) is 11.6 Å². The fraction of sp³-hybridized carbons (Fsp3) is 0.346. The number of halogens is 2. The van der Waals surface area contributed by atoms with E-state index in [1.807, 2.05) is 27.1 Å². The molecule has 1 N–H and O–H groups in total. The van der Waals surface area contributed by atoms with Crippen molar-refractivity contribution in [2.45, 2.75) is 52.1 Å². The quantitative estimate of drug-likeness (QED) is 0.445. The van der Waals surface area contributed by atoms with Crippen molar-refractivity contribution in [1.29, 1.82) is 0 Å². The van der Waals surface area contributed by atoms with Gasteiger partial charge in [0.25, 0.3) is 0 Å². The third-order valence-corrected chi connectivity index (χ3v) is 6.51. The molecule has 0 spiro atoms. The molecule has 1 fully saturated rings.